The van der Waals surface area contributed by atoms with Crippen molar-refractivity contribution >= 4 is 0 Å². The third kappa shape index (κ3) is 3.48. The second-order valence-electron chi connectivity index (χ2n) is 6.31. The first kappa shape index (κ1) is 12.4. The maximum atomic E-state index is 5.97. The molecule has 0 unspecified atom stereocenters. The average Bonchev–Trinajstić information content (AvgIpc) is 2.33. The number of rotatable bonds is 3. The molecule has 2 aliphatic carbocycles. The van der Waals surface area contributed by atoms with E-state index in [-0.39, 0.29) is 0 Å². The fourth-order valence-corrected chi connectivity index (χ4v) is 3.77. The lowest BCUT2D eigenvalue weighted by atomic mass is 9.74. The van der Waals surface area contributed by atoms with Gasteiger partial charge >= 0.3 is 0 Å². The molecule has 0 amide bonds. The van der Waals surface area contributed by atoms with E-state index in [4.69, 9.17) is 5.73 Å². The molecule has 0 aromatic rings. The molecule has 1 heteroatoms. The Morgan fingerprint density at radius 1 is 0.750 bits per heavy atom. The van der Waals surface area contributed by atoms with Crippen LogP contribution in [0.4, 0.5) is 0 Å². The number of hydrogen-bond acceptors (Lipinski definition) is 1. The molecule has 2 saturated carbocycles. The summed E-state index contributed by atoms with van der Waals surface area (Å²) in [5.74, 6) is 3.13. The summed E-state index contributed by atoms with van der Waals surface area (Å²) in [4.78, 5) is 0. The third-order valence-electron chi connectivity index (χ3n) is 5.10. The molecule has 0 saturated heterocycles. The van der Waals surface area contributed by atoms with Gasteiger partial charge in [-0.25, -0.2) is 0 Å². The molecule has 2 fully saturated rings. The van der Waals surface area contributed by atoms with E-state index in [1.165, 1.54) is 64.2 Å². The van der Waals surface area contributed by atoms with E-state index in [1.54, 1.807) is 0 Å². The smallest absolute Gasteiger partial charge is 0.00390 e. The summed E-state index contributed by atoms with van der Waals surface area (Å²) in [6.45, 7) is 2.35. The van der Waals surface area contributed by atoms with E-state index < -0.39 is 0 Å². The minimum Gasteiger partial charge on any atom is -0.328 e. The van der Waals surface area contributed by atoms with Crippen molar-refractivity contribution in [1.29, 1.82) is 0 Å². The molecule has 1 nitrogen and oxygen atoms in total. The van der Waals surface area contributed by atoms with Gasteiger partial charge in [-0.2, -0.15) is 0 Å². The molecule has 0 heterocycles. The molecule has 0 aromatic heterocycles. The molecule has 0 aromatic carbocycles. The van der Waals surface area contributed by atoms with Crippen molar-refractivity contribution in [2.45, 2.75) is 77.2 Å². The van der Waals surface area contributed by atoms with E-state index >= 15 is 0 Å². The lowest BCUT2D eigenvalue weighted by Crippen LogP contribution is -2.28. The molecule has 0 spiro atoms. The van der Waals surface area contributed by atoms with Gasteiger partial charge < -0.3 is 5.73 Å². The highest BCUT2D eigenvalue weighted by atomic mass is 14.6. The van der Waals surface area contributed by atoms with E-state index in [2.05, 4.69) is 6.92 Å². The predicted molar refractivity (Wildman–Crippen MR) is 70.3 cm³/mol. The first-order chi connectivity index (χ1) is 7.78. The van der Waals surface area contributed by atoms with Gasteiger partial charge in [-0.05, 0) is 49.9 Å². The number of hydrogen-bond donors (Lipinski definition) is 1. The normalized spacial score (nSPS) is 40.9. The molecule has 16 heavy (non-hydrogen) atoms. The van der Waals surface area contributed by atoms with Crippen molar-refractivity contribution < 1.29 is 0 Å². The minimum atomic E-state index is 0.520. The predicted octanol–water partition coefficient (Wildman–Crippen LogP) is 4.11. The van der Waals surface area contributed by atoms with Gasteiger partial charge in [-0.1, -0.05) is 39.0 Å². The molecule has 0 aliphatic heterocycles. The Balaban J connectivity index is 1.66. The molecule has 0 bridgehead atoms. The fraction of sp³-hybridized carbons (Fsp3) is 1.00. The standard InChI is InChI=1S/C15H29N/c1-2-12-3-5-13(6-4-12)11-14-7-9-15(16)10-8-14/h12-15H,2-11,16H2,1H3. The van der Waals surface area contributed by atoms with Crippen molar-refractivity contribution in [2.75, 3.05) is 0 Å². The van der Waals surface area contributed by atoms with Gasteiger partial charge in [0.05, 0.1) is 0 Å². The molecule has 0 radical (unpaired) electrons. The Labute approximate surface area is 101 Å². The van der Waals surface area contributed by atoms with Crippen molar-refractivity contribution in [3.05, 3.63) is 0 Å². The zero-order valence-corrected chi connectivity index (χ0v) is 11.0. The van der Waals surface area contributed by atoms with Gasteiger partial charge in [0.2, 0.25) is 0 Å². The average molecular weight is 223 g/mol. The van der Waals surface area contributed by atoms with Gasteiger partial charge in [0.1, 0.15) is 0 Å². The summed E-state index contributed by atoms with van der Waals surface area (Å²) in [6, 6.07) is 0.520. The summed E-state index contributed by atoms with van der Waals surface area (Å²) < 4.78 is 0. The van der Waals surface area contributed by atoms with Crippen LogP contribution in [-0.4, -0.2) is 6.04 Å². The van der Waals surface area contributed by atoms with Crippen LogP contribution in [0.25, 0.3) is 0 Å². The van der Waals surface area contributed by atoms with Crippen molar-refractivity contribution in [3.63, 3.8) is 0 Å². The van der Waals surface area contributed by atoms with Crippen LogP contribution in [0, 0.1) is 17.8 Å². The summed E-state index contributed by atoms with van der Waals surface area (Å²) in [5, 5.41) is 0. The number of nitrogens with two attached hydrogens (primary N) is 1. The minimum absolute atomic E-state index is 0.520. The highest BCUT2D eigenvalue weighted by Crippen LogP contribution is 2.37. The molecule has 2 aliphatic rings. The quantitative estimate of drug-likeness (QED) is 0.765. The van der Waals surface area contributed by atoms with E-state index in [1.807, 2.05) is 0 Å². The van der Waals surface area contributed by atoms with Gasteiger partial charge in [-0.15, -0.1) is 0 Å². The monoisotopic (exact) mass is 223 g/mol. The topological polar surface area (TPSA) is 26.0 Å². The zero-order chi connectivity index (χ0) is 11.4. The van der Waals surface area contributed by atoms with Crippen LogP contribution in [0.15, 0.2) is 0 Å². The Hall–Kier alpha value is -0.0400. The Bertz CT molecular complexity index is 186. The highest BCUT2D eigenvalue weighted by Gasteiger charge is 2.25. The largest absolute Gasteiger partial charge is 0.328 e. The molecule has 94 valence electrons. The third-order valence-corrected chi connectivity index (χ3v) is 5.10. The molecule has 2 rings (SSSR count). The van der Waals surface area contributed by atoms with Gasteiger partial charge in [0.25, 0.3) is 0 Å². The Kier molecular flexibility index (Phi) is 4.69. The lowest BCUT2D eigenvalue weighted by Gasteiger charge is -2.33. The first-order valence-corrected chi connectivity index (χ1v) is 7.53. The highest BCUT2D eigenvalue weighted by molar-refractivity contribution is 4.79. The molecule has 0 atom stereocenters. The van der Waals surface area contributed by atoms with E-state index in [0.29, 0.717) is 6.04 Å². The SMILES string of the molecule is CCC1CCC(CC2CCC(N)CC2)CC1. The van der Waals surface area contributed by atoms with Crippen molar-refractivity contribution in [2.24, 2.45) is 23.5 Å². The summed E-state index contributed by atoms with van der Waals surface area (Å²) in [7, 11) is 0. The van der Waals surface area contributed by atoms with Crippen LogP contribution in [0.1, 0.15) is 71.1 Å². The van der Waals surface area contributed by atoms with Gasteiger partial charge in [0, 0.05) is 6.04 Å². The van der Waals surface area contributed by atoms with Crippen LogP contribution < -0.4 is 5.73 Å². The second kappa shape index (κ2) is 6.05. The van der Waals surface area contributed by atoms with Crippen molar-refractivity contribution in [3.8, 4) is 0 Å². The maximum absolute atomic E-state index is 5.97. The summed E-state index contributed by atoms with van der Waals surface area (Å²) in [5.41, 5.74) is 5.97. The van der Waals surface area contributed by atoms with Gasteiger partial charge in [0.15, 0.2) is 0 Å². The van der Waals surface area contributed by atoms with Gasteiger partial charge in [-0.3, -0.25) is 0 Å². The fourth-order valence-electron chi connectivity index (χ4n) is 3.77. The first-order valence-electron chi connectivity index (χ1n) is 7.53. The molecule has 2 N–H and O–H groups in total. The van der Waals surface area contributed by atoms with E-state index in [0.717, 1.165) is 17.8 Å². The van der Waals surface area contributed by atoms with Crippen molar-refractivity contribution in [1.82, 2.24) is 0 Å². The summed E-state index contributed by atoms with van der Waals surface area (Å²) >= 11 is 0. The Morgan fingerprint density at radius 2 is 1.19 bits per heavy atom. The van der Waals surface area contributed by atoms with Crippen LogP contribution in [0.3, 0.4) is 0 Å². The van der Waals surface area contributed by atoms with Crippen LogP contribution in [0.2, 0.25) is 0 Å². The van der Waals surface area contributed by atoms with E-state index in [9.17, 15) is 0 Å². The zero-order valence-electron chi connectivity index (χ0n) is 11.0. The van der Waals surface area contributed by atoms with Crippen LogP contribution in [-0.2, 0) is 0 Å². The second-order valence-corrected chi connectivity index (χ2v) is 6.31. The Morgan fingerprint density at radius 3 is 1.69 bits per heavy atom. The summed E-state index contributed by atoms with van der Waals surface area (Å²) in [6.07, 6.45) is 14.4. The molecular formula is C15H29N. The lowest BCUT2D eigenvalue weighted by molar-refractivity contribution is 0.203. The maximum Gasteiger partial charge on any atom is 0.00390 e. The molecular weight excluding hydrogens is 194 g/mol. The van der Waals surface area contributed by atoms with Crippen LogP contribution >= 0.6 is 0 Å². The van der Waals surface area contributed by atoms with Crippen LogP contribution in [0.5, 0.6) is 0 Å².